The van der Waals surface area contributed by atoms with Crippen molar-refractivity contribution in [2.24, 2.45) is 7.05 Å². The van der Waals surface area contributed by atoms with Crippen molar-refractivity contribution in [3.05, 3.63) is 35.9 Å². The second kappa shape index (κ2) is 3.63. The normalized spacial score (nSPS) is 13.0. The molecule has 0 aromatic carbocycles. The van der Waals surface area contributed by atoms with Crippen LogP contribution in [0.1, 0.15) is 17.4 Å². The Kier molecular flexibility index (Phi) is 2.32. The topological polar surface area (TPSA) is 66.7 Å². The van der Waals surface area contributed by atoms with Crippen LogP contribution in [0.3, 0.4) is 0 Å². The third kappa shape index (κ3) is 1.82. The van der Waals surface area contributed by atoms with Crippen LogP contribution >= 0.6 is 0 Å². The molecule has 0 aliphatic heterocycles. The molecule has 2 N–H and O–H groups in total. The lowest BCUT2D eigenvalue weighted by Crippen LogP contribution is -2.01. The summed E-state index contributed by atoms with van der Waals surface area (Å²) in [6.45, 7) is 0. The highest BCUT2D eigenvalue weighted by Gasteiger charge is 2.10. The minimum atomic E-state index is -0.538. The van der Waals surface area contributed by atoms with Crippen LogP contribution in [0.25, 0.3) is 0 Å². The van der Waals surface area contributed by atoms with Gasteiger partial charge >= 0.3 is 0 Å². The van der Waals surface area contributed by atoms with Gasteiger partial charge in [-0.2, -0.15) is 10.2 Å². The minimum Gasteiger partial charge on any atom is -0.388 e. The fraction of sp³-hybridized carbons (Fsp3) is 0.333. The number of aromatic nitrogens is 4. The summed E-state index contributed by atoms with van der Waals surface area (Å²) in [7, 11) is 1.85. The molecule has 0 bridgehead atoms. The summed E-state index contributed by atoms with van der Waals surface area (Å²) in [5.74, 6) is 0. The Morgan fingerprint density at radius 2 is 2.50 bits per heavy atom. The van der Waals surface area contributed by atoms with E-state index in [4.69, 9.17) is 0 Å². The molecule has 0 aliphatic rings. The van der Waals surface area contributed by atoms with E-state index in [0.717, 1.165) is 11.3 Å². The van der Waals surface area contributed by atoms with Crippen molar-refractivity contribution in [1.82, 2.24) is 20.0 Å². The molecule has 5 nitrogen and oxygen atoms in total. The predicted molar refractivity (Wildman–Crippen MR) is 50.5 cm³/mol. The number of hydrogen-bond donors (Lipinski definition) is 2. The quantitative estimate of drug-likeness (QED) is 0.740. The van der Waals surface area contributed by atoms with Gasteiger partial charge in [0.2, 0.25) is 0 Å². The van der Waals surface area contributed by atoms with Crippen LogP contribution in [0, 0.1) is 0 Å². The molecule has 14 heavy (non-hydrogen) atoms. The lowest BCUT2D eigenvalue weighted by Gasteiger charge is -2.04. The highest BCUT2D eigenvalue weighted by Crippen LogP contribution is 2.15. The third-order valence-electron chi connectivity index (χ3n) is 2.08. The van der Waals surface area contributed by atoms with Crippen LogP contribution < -0.4 is 0 Å². The highest BCUT2D eigenvalue weighted by molar-refractivity contribution is 5.11. The van der Waals surface area contributed by atoms with Gasteiger partial charge in [0.05, 0.1) is 18.0 Å². The first kappa shape index (κ1) is 8.96. The van der Waals surface area contributed by atoms with Crippen molar-refractivity contribution >= 4 is 0 Å². The highest BCUT2D eigenvalue weighted by atomic mass is 16.3. The number of hydrogen-bond acceptors (Lipinski definition) is 3. The maximum atomic E-state index is 9.76. The fourth-order valence-corrected chi connectivity index (χ4v) is 1.33. The third-order valence-corrected chi connectivity index (χ3v) is 2.08. The first-order chi connectivity index (χ1) is 6.75. The van der Waals surface area contributed by atoms with Crippen molar-refractivity contribution in [3.8, 4) is 0 Å². The van der Waals surface area contributed by atoms with Crippen molar-refractivity contribution < 1.29 is 5.11 Å². The first-order valence-electron chi connectivity index (χ1n) is 4.41. The average Bonchev–Trinajstić information content (AvgIpc) is 2.75. The van der Waals surface area contributed by atoms with E-state index in [1.807, 2.05) is 19.3 Å². The summed E-state index contributed by atoms with van der Waals surface area (Å²) >= 11 is 0. The van der Waals surface area contributed by atoms with Crippen molar-refractivity contribution in [2.75, 3.05) is 0 Å². The average molecular weight is 192 g/mol. The Bertz CT molecular complexity index is 393. The van der Waals surface area contributed by atoms with Crippen LogP contribution in [0.15, 0.2) is 24.7 Å². The molecule has 74 valence electrons. The Balaban J connectivity index is 2.05. The standard InChI is InChI=1S/C9H12N4O/c1-13-3-2-8(12-13)4-9(14)7-5-10-11-6-7/h2-3,5-6,9,14H,4H2,1H3,(H,10,11). The van der Waals surface area contributed by atoms with E-state index in [-0.39, 0.29) is 0 Å². The summed E-state index contributed by atoms with van der Waals surface area (Å²) in [4.78, 5) is 0. The van der Waals surface area contributed by atoms with Crippen molar-refractivity contribution in [3.63, 3.8) is 0 Å². The number of nitrogens with zero attached hydrogens (tertiary/aromatic N) is 3. The van der Waals surface area contributed by atoms with Gasteiger partial charge in [-0.05, 0) is 6.07 Å². The minimum absolute atomic E-state index is 0.514. The summed E-state index contributed by atoms with van der Waals surface area (Å²) in [5.41, 5.74) is 1.66. The summed E-state index contributed by atoms with van der Waals surface area (Å²) < 4.78 is 1.72. The van der Waals surface area contributed by atoms with Crippen LogP contribution in [-0.4, -0.2) is 25.1 Å². The molecule has 5 heteroatoms. The maximum absolute atomic E-state index is 9.76. The van der Waals surface area contributed by atoms with Crippen LogP contribution in [0.5, 0.6) is 0 Å². The molecule has 0 spiro atoms. The van der Waals surface area contributed by atoms with Gasteiger partial charge in [-0.15, -0.1) is 0 Å². The van der Waals surface area contributed by atoms with E-state index in [2.05, 4.69) is 15.3 Å². The van der Waals surface area contributed by atoms with Crippen molar-refractivity contribution in [2.45, 2.75) is 12.5 Å². The number of rotatable bonds is 3. The van der Waals surface area contributed by atoms with Crippen LogP contribution in [0.4, 0.5) is 0 Å². The van der Waals surface area contributed by atoms with E-state index in [9.17, 15) is 5.11 Å². The summed E-state index contributed by atoms with van der Waals surface area (Å²) in [5, 5.41) is 20.4. The predicted octanol–water partition coefficient (Wildman–Crippen LogP) is 0.419. The van der Waals surface area contributed by atoms with E-state index in [1.54, 1.807) is 17.1 Å². The number of aryl methyl sites for hydroxylation is 1. The molecule has 2 aromatic rings. The number of H-pyrrole nitrogens is 1. The SMILES string of the molecule is Cn1ccc(CC(O)c2cn[nH]c2)n1. The molecule has 0 saturated carbocycles. The smallest absolute Gasteiger partial charge is 0.0876 e. The van der Waals surface area contributed by atoms with Gasteiger partial charge in [-0.25, -0.2) is 0 Å². The van der Waals surface area contributed by atoms with Crippen LogP contribution in [0.2, 0.25) is 0 Å². The second-order valence-corrected chi connectivity index (χ2v) is 3.23. The number of aromatic amines is 1. The molecule has 0 radical (unpaired) electrons. The van der Waals surface area contributed by atoms with Gasteiger partial charge in [-0.3, -0.25) is 9.78 Å². The molecule has 0 saturated heterocycles. The Morgan fingerprint density at radius 1 is 1.64 bits per heavy atom. The monoisotopic (exact) mass is 192 g/mol. The molecule has 0 amide bonds. The fourth-order valence-electron chi connectivity index (χ4n) is 1.33. The van der Waals surface area contributed by atoms with Gasteiger partial charge in [-0.1, -0.05) is 0 Å². The molecular formula is C9H12N4O. The van der Waals surface area contributed by atoms with E-state index in [0.29, 0.717) is 6.42 Å². The number of nitrogens with one attached hydrogen (secondary N) is 1. The molecule has 0 aliphatic carbocycles. The molecule has 1 unspecified atom stereocenters. The van der Waals surface area contributed by atoms with Gasteiger partial charge < -0.3 is 5.11 Å². The Labute approximate surface area is 81.4 Å². The zero-order valence-corrected chi connectivity index (χ0v) is 7.88. The Morgan fingerprint density at radius 3 is 3.07 bits per heavy atom. The number of aliphatic hydroxyl groups is 1. The summed E-state index contributed by atoms with van der Waals surface area (Å²) in [6, 6.07) is 1.89. The zero-order valence-electron chi connectivity index (χ0n) is 7.88. The van der Waals surface area contributed by atoms with Gasteiger partial charge in [0, 0.05) is 31.4 Å². The van der Waals surface area contributed by atoms with Gasteiger partial charge in [0.25, 0.3) is 0 Å². The largest absolute Gasteiger partial charge is 0.388 e. The van der Waals surface area contributed by atoms with Gasteiger partial charge in [0.15, 0.2) is 0 Å². The van der Waals surface area contributed by atoms with Gasteiger partial charge in [0.1, 0.15) is 0 Å². The van der Waals surface area contributed by atoms with E-state index in [1.165, 1.54) is 0 Å². The molecular weight excluding hydrogens is 180 g/mol. The summed E-state index contributed by atoms with van der Waals surface area (Å²) in [6.07, 6.45) is 5.14. The Hall–Kier alpha value is -1.62. The number of aliphatic hydroxyl groups excluding tert-OH is 1. The molecule has 2 rings (SSSR count). The molecule has 0 fully saturated rings. The first-order valence-corrected chi connectivity index (χ1v) is 4.41. The van der Waals surface area contributed by atoms with E-state index >= 15 is 0 Å². The maximum Gasteiger partial charge on any atom is 0.0876 e. The second-order valence-electron chi connectivity index (χ2n) is 3.23. The molecule has 2 aromatic heterocycles. The van der Waals surface area contributed by atoms with Crippen molar-refractivity contribution in [1.29, 1.82) is 0 Å². The lowest BCUT2D eigenvalue weighted by atomic mass is 10.1. The molecule has 1 atom stereocenters. The molecule has 2 heterocycles. The van der Waals surface area contributed by atoms with Crippen LogP contribution in [-0.2, 0) is 13.5 Å². The lowest BCUT2D eigenvalue weighted by molar-refractivity contribution is 0.177. The zero-order chi connectivity index (χ0) is 9.97. The van der Waals surface area contributed by atoms with E-state index < -0.39 is 6.10 Å².